The highest BCUT2D eigenvalue weighted by atomic mass is 32.2. The van der Waals surface area contributed by atoms with Crippen LogP contribution in [-0.4, -0.2) is 27.0 Å². The molecule has 0 radical (unpaired) electrons. The number of hydrogen-bond donors (Lipinski definition) is 1. The number of carbonyl (C=O) groups excluding carboxylic acids is 1. The van der Waals surface area contributed by atoms with E-state index in [1.807, 2.05) is 67.6 Å². The van der Waals surface area contributed by atoms with Crippen LogP contribution in [0.2, 0.25) is 0 Å². The number of aryl methyl sites for hydroxylation is 1. The molecule has 0 atom stereocenters. The number of hydrogen-bond acceptors (Lipinski definition) is 6. The summed E-state index contributed by atoms with van der Waals surface area (Å²) in [6.07, 6.45) is 1.55. The van der Waals surface area contributed by atoms with Gasteiger partial charge in [0.1, 0.15) is 10.8 Å². The van der Waals surface area contributed by atoms with Crippen LogP contribution in [0.25, 0.3) is 6.08 Å². The number of nitrogens with one attached hydrogen (secondary N) is 1. The van der Waals surface area contributed by atoms with Crippen molar-refractivity contribution in [2.75, 3.05) is 0 Å². The second-order valence-corrected chi connectivity index (χ2v) is 8.90. The van der Waals surface area contributed by atoms with E-state index in [1.54, 1.807) is 12.1 Å². The monoisotopic (exact) mass is 444 g/mol. The van der Waals surface area contributed by atoms with Crippen LogP contribution in [0.4, 0.5) is 0 Å². The molecule has 1 N–H and O–H groups in total. The molecule has 0 saturated heterocycles. The first kappa shape index (κ1) is 19.6. The van der Waals surface area contributed by atoms with Crippen LogP contribution in [-0.2, 0) is 4.79 Å². The molecule has 0 unspecified atom stereocenters. The summed E-state index contributed by atoms with van der Waals surface area (Å²) in [7, 11) is 0. The Balaban J connectivity index is 1.38. The maximum atomic E-state index is 12.6. The molecule has 152 valence electrons. The van der Waals surface area contributed by atoms with Crippen molar-refractivity contribution in [1.29, 1.82) is 5.41 Å². The number of fused-ring (bicyclic) bond motifs is 1. The van der Waals surface area contributed by atoms with Gasteiger partial charge in [-0.1, -0.05) is 59.8 Å². The van der Waals surface area contributed by atoms with Gasteiger partial charge in [-0.05, 0) is 49.0 Å². The van der Waals surface area contributed by atoms with Gasteiger partial charge in [0.25, 0.3) is 5.91 Å². The number of amides is 1. The topological polar surface area (TPSA) is 82.0 Å². The number of benzene rings is 2. The van der Waals surface area contributed by atoms with E-state index in [4.69, 9.17) is 9.83 Å². The van der Waals surface area contributed by atoms with Crippen LogP contribution in [0.15, 0.2) is 96.8 Å². The molecule has 0 aliphatic carbocycles. The second-order valence-electron chi connectivity index (χ2n) is 6.86. The van der Waals surface area contributed by atoms with Crippen molar-refractivity contribution >= 4 is 51.6 Å². The first-order chi connectivity index (χ1) is 15.1. The van der Waals surface area contributed by atoms with Gasteiger partial charge in [0, 0.05) is 10.5 Å². The summed E-state index contributed by atoms with van der Waals surface area (Å²) in [6, 6.07) is 21.4. The Morgan fingerprint density at radius 2 is 1.84 bits per heavy atom. The maximum Gasteiger partial charge on any atom is 0.283 e. The molecule has 2 aliphatic rings. The predicted octanol–water partition coefficient (Wildman–Crippen LogP) is 5.41. The molecule has 3 heterocycles. The standard InChI is InChI=1S/C23H16N4O2S2/c1-14-7-10-17(11-8-14)30-19-12-9-16(29-19)13-18-20(24)27-23(25-21(18)28)31-22(26-27)15-5-3-2-4-6-15/h2-13,24H,1H3/b18-13-,24-20?. The SMILES string of the molecule is Cc1ccc(Sc2ccc(/C=C3/C(=N)N4N=C(c5ccccc5)SC4=NC3=O)o2)cc1. The molecular formula is C23H16N4O2S2. The van der Waals surface area contributed by atoms with Crippen LogP contribution < -0.4 is 0 Å². The van der Waals surface area contributed by atoms with E-state index in [2.05, 4.69) is 10.1 Å². The van der Waals surface area contributed by atoms with Crippen LogP contribution in [0, 0.1) is 12.3 Å². The fraction of sp³-hybridized carbons (Fsp3) is 0.0435. The lowest BCUT2D eigenvalue weighted by Crippen LogP contribution is -2.35. The number of carbonyl (C=O) groups is 1. The molecule has 1 aromatic heterocycles. The third-order valence-corrected chi connectivity index (χ3v) is 6.49. The predicted molar refractivity (Wildman–Crippen MR) is 125 cm³/mol. The third-order valence-electron chi connectivity index (χ3n) is 4.60. The van der Waals surface area contributed by atoms with Crippen molar-refractivity contribution in [3.63, 3.8) is 0 Å². The minimum atomic E-state index is -0.475. The highest BCUT2D eigenvalue weighted by Crippen LogP contribution is 2.33. The van der Waals surface area contributed by atoms with Crippen molar-refractivity contribution in [2.24, 2.45) is 10.1 Å². The van der Waals surface area contributed by atoms with Crippen molar-refractivity contribution in [3.05, 3.63) is 89.2 Å². The molecular weight excluding hydrogens is 428 g/mol. The summed E-state index contributed by atoms with van der Waals surface area (Å²) in [5.74, 6) is -0.00422. The Morgan fingerprint density at radius 1 is 1.06 bits per heavy atom. The van der Waals surface area contributed by atoms with Gasteiger partial charge in [0.05, 0.1) is 5.57 Å². The molecule has 3 aromatic rings. The Labute approximate surface area is 187 Å². The summed E-state index contributed by atoms with van der Waals surface area (Å²) >= 11 is 2.78. The van der Waals surface area contributed by atoms with Gasteiger partial charge >= 0.3 is 0 Å². The summed E-state index contributed by atoms with van der Waals surface area (Å²) < 4.78 is 5.85. The molecule has 0 fully saturated rings. The molecule has 31 heavy (non-hydrogen) atoms. The number of rotatable bonds is 4. The normalized spacial score (nSPS) is 17.1. The number of aliphatic imine (C=N–C) groups is 1. The van der Waals surface area contributed by atoms with E-state index in [-0.39, 0.29) is 11.4 Å². The zero-order chi connectivity index (χ0) is 21.4. The van der Waals surface area contributed by atoms with Crippen LogP contribution in [0.1, 0.15) is 16.9 Å². The first-order valence-corrected chi connectivity index (χ1v) is 11.1. The van der Waals surface area contributed by atoms with E-state index in [1.165, 1.54) is 34.1 Å². The van der Waals surface area contributed by atoms with Gasteiger partial charge in [0.15, 0.2) is 10.9 Å². The van der Waals surface area contributed by atoms with Crippen LogP contribution >= 0.6 is 23.5 Å². The molecule has 6 nitrogen and oxygen atoms in total. The quantitative estimate of drug-likeness (QED) is 0.545. The lowest BCUT2D eigenvalue weighted by atomic mass is 10.1. The Morgan fingerprint density at radius 3 is 2.61 bits per heavy atom. The Kier molecular flexibility index (Phi) is 5.09. The van der Waals surface area contributed by atoms with Gasteiger partial charge in [-0.25, -0.2) is 0 Å². The number of hydrazone groups is 1. The number of nitrogens with zero attached hydrogens (tertiary/aromatic N) is 3. The number of furan rings is 1. The zero-order valence-corrected chi connectivity index (χ0v) is 18.0. The first-order valence-electron chi connectivity index (χ1n) is 9.47. The molecule has 1 amide bonds. The highest BCUT2D eigenvalue weighted by molar-refractivity contribution is 8.27. The van der Waals surface area contributed by atoms with E-state index in [9.17, 15) is 4.79 Å². The Hall–Kier alpha value is -3.36. The average molecular weight is 445 g/mol. The summed E-state index contributed by atoms with van der Waals surface area (Å²) in [4.78, 5) is 17.8. The third kappa shape index (κ3) is 3.99. The summed E-state index contributed by atoms with van der Waals surface area (Å²) in [6.45, 7) is 2.04. The molecule has 5 rings (SSSR count). The minimum Gasteiger partial charge on any atom is -0.450 e. The van der Waals surface area contributed by atoms with Crippen LogP contribution in [0.3, 0.4) is 0 Å². The van der Waals surface area contributed by atoms with Gasteiger partial charge in [-0.3, -0.25) is 10.2 Å². The van der Waals surface area contributed by atoms with E-state index in [0.29, 0.717) is 21.1 Å². The lowest BCUT2D eigenvalue weighted by molar-refractivity contribution is -0.114. The van der Waals surface area contributed by atoms with Crippen molar-refractivity contribution < 1.29 is 9.21 Å². The molecule has 8 heteroatoms. The van der Waals surface area contributed by atoms with Gasteiger partial charge < -0.3 is 4.42 Å². The van der Waals surface area contributed by atoms with Crippen LogP contribution in [0.5, 0.6) is 0 Å². The summed E-state index contributed by atoms with van der Waals surface area (Å²) in [5, 5.41) is 16.2. The highest BCUT2D eigenvalue weighted by Gasteiger charge is 2.36. The largest absolute Gasteiger partial charge is 0.450 e. The fourth-order valence-corrected chi connectivity index (χ4v) is 4.70. The second kappa shape index (κ2) is 8.05. The van der Waals surface area contributed by atoms with Crippen molar-refractivity contribution in [3.8, 4) is 0 Å². The minimum absolute atomic E-state index is 0.0161. The maximum absolute atomic E-state index is 12.6. The lowest BCUT2D eigenvalue weighted by Gasteiger charge is -2.19. The van der Waals surface area contributed by atoms with Crippen molar-refractivity contribution in [2.45, 2.75) is 16.9 Å². The Bertz CT molecular complexity index is 1270. The molecule has 0 saturated carbocycles. The molecule has 2 aromatic carbocycles. The number of thioether (sulfide) groups is 1. The molecule has 0 bridgehead atoms. The molecule has 0 spiro atoms. The van der Waals surface area contributed by atoms with Gasteiger partial charge in [0.2, 0.25) is 5.17 Å². The van der Waals surface area contributed by atoms with Gasteiger partial charge in [-0.15, -0.1) is 0 Å². The number of amidine groups is 2. The summed E-state index contributed by atoms with van der Waals surface area (Å²) in [5.41, 5.74) is 2.25. The average Bonchev–Trinajstić information content (AvgIpc) is 3.40. The fourth-order valence-electron chi connectivity index (χ4n) is 3.02. The van der Waals surface area contributed by atoms with E-state index < -0.39 is 5.91 Å². The van der Waals surface area contributed by atoms with E-state index >= 15 is 0 Å². The molecule has 2 aliphatic heterocycles. The van der Waals surface area contributed by atoms with Crippen molar-refractivity contribution in [1.82, 2.24) is 5.01 Å². The zero-order valence-electron chi connectivity index (χ0n) is 16.4. The van der Waals surface area contributed by atoms with Gasteiger partial charge in [-0.2, -0.15) is 15.1 Å². The smallest absolute Gasteiger partial charge is 0.283 e. The van der Waals surface area contributed by atoms with E-state index in [0.717, 1.165) is 10.5 Å².